The fourth-order valence-corrected chi connectivity index (χ4v) is 2.89. The Balaban J connectivity index is 1.56. The number of hydrogen-bond donors (Lipinski definition) is 0. The number of rotatable bonds is 3. The van der Waals surface area contributed by atoms with E-state index in [2.05, 4.69) is 23.1 Å². The summed E-state index contributed by atoms with van der Waals surface area (Å²) < 4.78 is 10.6. The summed E-state index contributed by atoms with van der Waals surface area (Å²) in [4.78, 5) is 2.54. The molecule has 0 N–H and O–H groups in total. The molecule has 0 saturated carbocycles. The Morgan fingerprint density at radius 2 is 2.06 bits per heavy atom. The first-order valence-corrected chi connectivity index (χ1v) is 6.73. The van der Waals surface area contributed by atoms with Gasteiger partial charge < -0.3 is 9.47 Å². The summed E-state index contributed by atoms with van der Waals surface area (Å²) in [6.45, 7) is 5.40. The summed E-state index contributed by atoms with van der Waals surface area (Å²) in [7, 11) is 1.72. The summed E-state index contributed by atoms with van der Waals surface area (Å²) in [5.41, 5.74) is 1.88. The number of methoxy groups -OCH3 is 1. The van der Waals surface area contributed by atoms with Gasteiger partial charge in [0.2, 0.25) is 0 Å². The van der Waals surface area contributed by atoms with Gasteiger partial charge in [-0.25, -0.2) is 0 Å². The van der Waals surface area contributed by atoms with Crippen molar-refractivity contribution in [3.63, 3.8) is 0 Å². The highest BCUT2D eigenvalue weighted by molar-refractivity contribution is 5.28. The summed E-state index contributed by atoms with van der Waals surface area (Å²) >= 11 is 0. The molecule has 0 aromatic heterocycles. The standard InChI is InChI=1S/C15H21NO2/c1-17-14-4-2-3-13(9-14)10-16-7-5-15(6-8-16)11-18-12-15/h2-4,9H,5-8,10-12H2,1H3. The molecule has 1 aromatic rings. The maximum atomic E-state index is 5.36. The predicted molar refractivity (Wildman–Crippen MR) is 70.8 cm³/mol. The molecule has 2 fully saturated rings. The van der Waals surface area contributed by atoms with Gasteiger partial charge >= 0.3 is 0 Å². The Morgan fingerprint density at radius 3 is 2.67 bits per heavy atom. The summed E-state index contributed by atoms with van der Waals surface area (Å²) in [6.07, 6.45) is 2.58. The van der Waals surface area contributed by atoms with Crippen LogP contribution >= 0.6 is 0 Å². The molecule has 0 radical (unpaired) electrons. The fourth-order valence-electron chi connectivity index (χ4n) is 2.89. The third kappa shape index (κ3) is 2.38. The zero-order valence-corrected chi connectivity index (χ0v) is 11.0. The SMILES string of the molecule is COc1cccc(CN2CCC3(CC2)COC3)c1. The molecule has 2 heterocycles. The number of nitrogens with zero attached hydrogens (tertiary/aromatic N) is 1. The van der Waals surface area contributed by atoms with Crippen molar-refractivity contribution < 1.29 is 9.47 Å². The van der Waals surface area contributed by atoms with E-state index in [1.807, 2.05) is 6.07 Å². The zero-order chi connectivity index (χ0) is 12.4. The van der Waals surface area contributed by atoms with Gasteiger partial charge in [0, 0.05) is 12.0 Å². The third-order valence-electron chi connectivity index (χ3n) is 4.27. The fraction of sp³-hybridized carbons (Fsp3) is 0.600. The molecule has 3 nitrogen and oxygen atoms in total. The largest absolute Gasteiger partial charge is 0.497 e. The lowest BCUT2D eigenvalue weighted by atomic mass is 9.77. The Bertz CT molecular complexity index is 405. The second-order valence-corrected chi connectivity index (χ2v) is 5.62. The smallest absolute Gasteiger partial charge is 0.119 e. The first-order chi connectivity index (χ1) is 8.80. The van der Waals surface area contributed by atoms with Gasteiger partial charge in [0.1, 0.15) is 5.75 Å². The predicted octanol–water partition coefficient (Wildman–Crippen LogP) is 2.31. The molecule has 98 valence electrons. The van der Waals surface area contributed by atoms with Crippen LogP contribution in [0.25, 0.3) is 0 Å². The molecule has 2 aliphatic rings. The van der Waals surface area contributed by atoms with Crippen molar-refractivity contribution in [3.05, 3.63) is 29.8 Å². The van der Waals surface area contributed by atoms with Crippen LogP contribution < -0.4 is 4.74 Å². The molecule has 1 spiro atoms. The van der Waals surface area contributed by atoms with Crippen molar-refractivity contribution >= 4 is 0 Å². The van der Waals surface area contributed by atoms with E-state index in [0.29, 0.717) is 5.41 Å². The number of benzene rings is 1. The maximum Gasteiger partial charge on any atom is 0.119 e. The van der Waals surface area contributed by atoms with Crippen LogP contribution in [0.15, 0.2) is 24.3 Å². The summed E-state index contributed by atoms with van der Waals surface area (Å²) in [5, 5.41) is 0. The molecule has 3 heteroatoms. The van der Waals surface area contributed by atoms with Crippen LogP contribution in [0.4, 0.5) is 0 Å². The minimum Gasteiger partial charge on any atom is -0.497 e. The van der Waals surface area contributed by atoms with Crippen molar-refractivity contribution in [2.24, 2.45) is 5.41 Å². The van der Waals surface area contributed by atoms with E-state index in [1.54, 1.807) is 7.11 Å². The van der Waals surface area contributed by atoms with E-state index in [4.69, 9.17) is 9.47 Å². The van der Waals surface area contributed by atoms with E-state index >= 15 is 0 Å². The lowest BCUT2D eigenvalue weighted by molar-refractivity contribution is -0.140. The number of likely N-dealkylation sites (tertiary alicyclic amines) is 1. The van der Waals surface area contributed by atoms with Crippen LogP contribution in [0, 0.1) is 5.41 Å². The number of ether oxygens (including phenoxy) is 2. The van der Waals surface area contributed by atoms with E-state index in [-0.39, 0.29) is 0 Å². The lowest BCUT2D eigenvalue weighted by Crippen LogP contribution is -2.50. The maximum absolute atomic E-state index is 5.36. The van der Waals surface area contributed by atoms with E-state index in [0.717, 1.165) is 25.5 Å². The second-order valence-electron chi connectivity index (χ2n) is 5.62. The lowest BCUT2D eigenvalue weighted by Gasteiger charge is -2.47. The average Bonchev–Trinajstić information content (AvgIpc) is 2.38. The number of hydrogen-bond acceptors (Lipinski definition) is 3. The molecular weight excluding hydrogens is 226 g/mol. The van der Waals surface area contributed by atoms with Crippen molar-refractivity contribution in [1.29, 1.82) is 0 Å². The van der Waals surface area contributed by atoms with E-state index in [1.165, 1.54) is 31.5 Å². The molecule has 2 saturated heterocycles. The third-order valence-corrected chi connectivity index (χ3v) is 4.27. The van der Waals surface area contributed by atoms with Crippen molar-refractivity contribution in [2.75, 3.05) is 33.4 Å². The summed E-state index contributed by atoms with van der Waals surface area (Å²) in [5.74, 6) is 0.952. The zero-order valence-electron chi connectivity index (χ0n) is 11.0. The van der Waals surface area contributed by atoms with Gasteiger partial charge in [-0.3, -0.25) is 4.90 Å². The van der Waals surface area contributed by atoms with E-state index < -0.39 is 0 Å². The molecular formula is C15H21NO2. The minimum absolute atomic E-state index is 0.533. The number of piperidine rings is 1. The Labute approximate surface area is 109 Å². The van der Waals surface area contributed by atoms with Crippen LogP contribution in [0.2, 0.25) is 0 Å². The molecule has 18 heavy (non-hydrogen) atoms. The van der Waals surface area contributed by atoms with Gasteiger partial charge in [-0.1, -0.05) is 12.1 Å². The van der Waals surface area contributed by atoms with Gasteiger partial charge in [0.05, 0.1) is 20.3 Å². The first kappa shape index (κ1) is 12.0. The molecule has 0 amide bonds. The molecule has 0 atom stereocenters. The van der Waals surface area contributed by atoms with Crippen LogP contribution in [-0.4, -0.2) is 38.3 Å². The highest BCUT2D eigenvalue weighted by Gasteiger charge is 2.40. The molecule has 0 bridgehead atoms. The van der Waals surface area contributed by atoms with Gasteiger partial charge in [-0.05, 0) is 43.6 Å². The van der Waals surface area contributed by atoms with E-state index in [9.17, 15) is 0 Å². The monoisotopic (exact) mass is 247 g/mol. The topological polar surface area (TPSA) is 21.7 Å². The molecule has 1 aromatic carbocycles. The van der Waals surface area contributed by atoms with Gasteiger partial charge in [0.15, 0.2) is 0 Å². The molecule has 0 aliphatic carbocycles. The minimum atomic E-state index is 0.533. The Hall–Kier alpha value is -1.06. The molecule has 3 rings (SSSR count). The molecule has 0 unspecified atom stereocenters. The molecule has 2 aliphatic heterocycles. The second kappa shape index (κ2) is 4.90. The quantitative estimate of drug-likeness (QED) is 0.818. The van der Waals surface area contributed by atoms with Gasteiger partial charge in [-0.2, -0.15) is 0 Å². The van der Waals surface area contributed by atoms with Crippen LogP contribution in [0.1, 0.15) is 18.4 Å². The van der Waals surface area contributed by atoms with Gasteiger partial charge in [0.25, 0.3) is 0 Å². The van der Waals surface area contributed by atoms with Crippen molar-refractivity contribution in [1.82, 2.24) is 4.90 Å². The van der Waals surface area contributed by atoms with Crippen molar-refractivity contribution in [3.8, 4) is 5.75 Å². The van der Waals surface area contributed by atoms with Crippen LogP contribution in [0.5, 0.6) is 5.75 Å². The normalized spacial score (nSPS) is 22.7. The summed E-state index contributed by atoms with van der Waals surface area (Å²) in [6, 6.07) is 8.38. The Kier molecular flexibility index (Phi) is 3.27. The van der Waals surface area contributed by atoms with Crippen LogP contribution in [0.3, 0.4) is 0 Å². The first-order valence-electron chi connectivity index (χ1n) is 6.73. The van der Waals surface area contributed by atoms with Crippen LogP contribution in [-0.2, 0) is 11.3 Å². The Morgan fingerprint density at radius 1 is 1.28 bits per heavy atom. The highest BCUT2D eigenvalue weighted by atomic mass is 16.5. The van der Waals surface area contributed by atoms with Crippen molar-refractivity contribution in [2.45, 2.75) is 19.4 Å². The van der Waals surface area contributed by atoms with Gasteiger partial charge in [-0.15, -0.1) is 0 Å². The highest BCUT2D eigenvalue weighted by Crippen LogP contribution is 2.38. The average molecular weight is 247 g/mol.